The van der Waals surface area contributed by atoms with Gasteiger partial charge in [-0.1, -0.05) is 30.3 Å². The topological polar surface area (TPSA) is 119 Å². The Morgan fingerprint density at radius 3 is 2.19 bits per heavy atom. The van der Waals surface area contributed by atoms with Gasteiger partial charge in [-0.2, -0.15) is 0 Å². The van der Waals surface area contributed by atoms with Gasteiger partial charge in [-0.3, -0.25) is 14.9 Å². The first-order chi connectivity index (χ1) is 14.9. The van der Waals surface area contributed by atoms with Crippen molar-refractivity contribution >= 4 is 23.6 Å². The van der Waals surface area contributed by atoms with Gasteiger partial charge in [-0.25, -0.2) is 4.79 Å². The number of amides is 1. The first-order valence-corrected chi connectivity index (χ1v) is 9.20. The van der Waals surface area contributed by atoms with Gasteiger partial charge in [0.1, 0.15) is 18.1 Å². The molecule has 0 saturated carbocycles. The standard InChI is InChI=1S/C23H18N2O6/c26-22(18-4-2-1-3-5-18)24-21(23(27)28)14-16-8-12-20(13-9-16)31-15-17-6-10-19(11-7-17)25(29)30/h1-14H,15H2,(H,24,26)(H,27,28). The predicted octanol–water partition coefficient (Wildman–Crippen LogP) is 4.03. The van der Waals surface area contributed by atoms with E-state index in [2.05, 4.69) is 5.32 Å². The number of aliphatic carboxylic acids is 1. The molecule has 0 aliphatic heterocycles. The fraction of sp³-hybridized carbons (Fsp3) is 0.0435. The Kier molecular flexibility index (Phi) is 6.74. The van der Waals surface area contributed by atoms with Gasteiger partial charge in [-0.15, -0.1) is 0 Å². The zero-order chi connectivity index (χ0) is 22.2. The molecule has 0 aromatic heterocycles. The molecule has 2 N–H and O–H groups in total. The first-order valence-electron chi connectivity index (χ1n) is 9.20. The normalized spacial score (nSPS) is 10.9. The molecule has 156 valence electrons. The van der Waals surface area contributed by atoms with E-state index in [1.54, 1.807) is 66.7 Å². The van der Waals surface area contributed by atoms with Crippen molar-refractivity contribution in [3.63, 3.8) is 0 Å². The molecule has 8 heteroatoms. The Labute approximate surface area is 177 Å². The maximum Gasteiger partial charge on any atom is 0.352 e. The van der Waals surface area contributed by atoms with E-state index >= 15 is 0 Å². The summed E-state index contributed by atoms with van der Waals surface area (Å²) >= 11 is 0. The minimum Gasteiger partial charge on any atom is -0.489 e. The molecule has 8 nitrogen and oxygen atoms in total. The highest BCUT2D eigenvalue weighted by Gasteiger charge is 2.13. The molecule has 0 aliphatic rings. The Bertz CT molecular complexity index is 1110. The van der Waals surface area contributed by atoms with Crippen LogP contribution in [0.5, 0.6) is 5.75 Å². The van der Waals surface area contributed by atoms with Crippen LogP contribution in [0.15, 0.2) is 84.6 Å². The number of benzene rings is 3. The van der Waals surface area contributed by atoms with Crippen molar-refractivity contribution in [3.05, 3.63) is 111 Å². The molecule has 0 aliphatic carbocycles. The van der Waals surface area contributed by atoms with Gasteiger partial charge in [0.2, 0.25) is 0 Å². The smallest absolute Gasteiger partial charge is 0.352 e. The molecule has 0 heterocycles. The molecular formula is C23H18N2O6. The number of nitrogens with zero attached hydrogens (tertiary/aromatic N) is 1. The van der Waals surface area contributed by atoms with Crippen molar-refractivity contribution in [2.45, 2.75) is 6.61 Å². The molecular weight excluding hydrogens is 400 g/mol. The van der Waals surface area contributed by atoms with E-state index in [4.69, 9.17) is 4.74 Å². The molecule has 0 fully saturated rings. The van der Waals surface area contributed by atoms with Gasteiger partial charge in [0.25, 0.3) is 11.6 Å². The summed E-state index contributed by atoms with van der Waals surface area (Å²) in [7, 11) is 0. The summed E-state index contributed by atoms with van der Waals surface area (Å²) in [6.45, 7) is 0.223. The van der Waals surface area contributed by atoms with E-state index in [9.17, 15) is 24.8 Å². The largest absolute Gasteiger partial charge is 0.489 e. The number of hydrogen-bond donors (Lipinski definition) is 2. The molecule has 31 heavy (non-hydrogen) atoms. The number of nitro benzene ring substituents is 1. The van der Waals surface area contributed by atoms with Crippen molar-refractivity contribution in [1.29, 1.82) is 0 Å². The van der Waals surface area contributed by atoms with Gasteiger partial charge < -0.3 is 15.2 Å². The second-order valence-corrected chi connectivity index (χ2v) is 6.46. The van der Waals surface area contributed by atoms with Crippen molar-refractivity contribution in [2.75, 3.05) is 0 Å². The van der Waals surface area contributed by atoms with Gasteiger partial charge in [0.15, 0.2) is 0 Å². The minimum absolute atomic E-state index is 0.00785. The van der Waals surface area contributed by atoms with Crippen LogP contribution in [0.2, 0.25) is 0 Å². The zero-order valence-electron chi connectivity index (χ0n) is 16.2. The Morgan fingerprint density at radius 1 is 0.968 bits per heavy atom. The second kappa shape index (κ2) is 9.84. The third-order valence-electron chi connectivity index (χ3n) is 4.26. The summed E-state index contributed by atoms with van der Waals surface area (Å²) in [5, 5.41) is 22.5. The number of hydrogen-bond acceptors (Lipinski definition) is 5. The van der Waals surface area contributed by atoms with E-state index < -0.39 is 16.8 Å². The Balaban J connectivity index is 1.64. The van der Waals surface area contributed by atoms with Crippen LogP contribution in [0, 0.1) is 10.1 Å². The van der Waals surface area contributed by atoms with E-state index in [1.807, 2.05) is 0 Å². The average molecular weight is 418 g/mol. The van der Waals surface area contributed by atoms with E-state index in [0.29, 0.717) is 16.9 Å². The molecule has 3 aromatic rings. The van der Waals surface area contributed by atoms with Crippen LogP contribution in [0.3, 0.4) is 0 Å². The van der Waals surface area contributed by atoms with Crippen LogP contribution in [0.1, 0.15) is 21.5 Å². The molecule has 0 unspecified atom stereocenters. The molecule has 3 aromatic carbocycles. The zero-order valence-corrected chi connectivity index (χ0v) is 16.2. The molecule has 0 radical (unpaired) electrons. The van der Waals surface area contributed by atoms with Crippen molar-refractivity contribution in [1.82, 2.24) is 5.32 Å². The predicted molar refractivity (Wildman–Crippen MR) is 113 cm³/mol. The summed E-state index contributed by atoms with van der Waals surface area (Å²) in [6, 6.07) is 21.0. The molecule has 0 atom stereocenters. The molecule has 1 amide bonds. The number of nitrogens with one attached hydrogen (secondary N) is 1. The number of rotatable bonds is 8. The highest BCUT2D eigenvalue weighted by molar-refractivity contribution is 6.02. The summed E-state index contributed by atoms with van der Waals surface area (Å²) in [5.41, 5.74) is 1.44. The van der Waals surface area contributed by atoms with Gasteiger partial charge in [0, 0.05) is 17.7 Å². The van der Waals surface area contributed by atoms with E-state index in [0.717, 1.165) is 5.56 Å². The van der Waals surface area contributed by atoms with Crippen LogP contribution < -0.4 is 10.1 Å². The van der Waals surface area contributed by atoms with Crippen LogP contribution in [0.4, 0.5) is 5.69 Å². The molecule has 0 spiro atoms. The first kappa shape index (κ1) is 21.3. The number of carboxylic acids is 1. The van der Waals surface area contributed by atoms with Crippen LogP contribution in [0.25, 0.3) is 6.08 Å². The van der Waals surface area contributed by atoms with Crippen molar-refractivity contribution in [2.24, 2.45) is 0 Å². The summed E-state index contributed by atoms with van der Waals surface area (Å²) in [6.07, 6.45) is 1.35. The average Bonchev–Trinajstić information content (AvgIpc) is 2.79. The highest BCUT2D eigenvalue weighted by Crippen LogP contribution is 2.17. The maximum absolute atomic E-state index is 12.2. The van der Waals surface area contributed by atoms with Crippen molar-refractivity contribution < 1.29 is 24.4 Å². The Morgan fingerprint density at radius 2 is 1.61 bits per heavy atom. The lowest BCUT2D eigenvalue weighted by Gasteiger charge is -2.08. The van der Waals surface area contributed by atoms with Crippen molar-refractivity contribution in [3.8, 4) is 5.75 Å². The lowest BCUT2D eigenvalue weighted by atomic mass is 10.1. The van der Waals surface area contributed by atoms with Crippen LogP contribution in [-0.2, 0) is 11.4 Å². The van der Waals surface area contributed by atoms with E-state index in [1.165, 1.54) is 18.2 Å². The minimum atomic E-state index is -1.26. The highest BCUT2D eigenvalue weighted by atomic mass is 16.6. The molecule has 3 rings (SSSR count). The monoisotopic (exact) mass is 418 g/mol. The number of carbonyl (C=O) groups is 2. The quantitative estimate of drug-likeness (QED) is 0.324. The molecule has 0 bridgehead atoms. The fourth-order valence-electron chi connectivity index (χ4n) is 2.64. The number of carboxylic acid groups (broad SMARTS) is 1. The summed E-state index contributed by atoms with van der Waals surface area (Å²) in [4.78, 5) is 33.9. The summed E-state index contributed by atoms with van der Waals surface area (Å²) < 4.78 is 5.65. The Hall–Kier alpha value is -4.46. The number of carbonyl (C=O) groups excluding carboxylic acids is 1. The lowest BCUT2D eigenvalue weighted by molar-refractivity contribution is -0.384. The van der Waals surface area contributed by atoms with Crippen LogP contribution >= 0.6 is 0 Å². The van der Waals surface area contributed by atoms with Gasteiger partial charge in [-0.05, 0) is 53.6 Å². The van der Waals surface area contributed by atoms with Gasteiger partial charge in [0.05, 0.1) is 4.92 Å². The number of nitro groups is 1. The SMILES string of the molecule is O=C(O)C(=Cc1ccc(OCc2ccc([N+](=O)[O-])cc2)cc1)NC(=O)c1ccccc1. The van der Waals surface area contributed by atoms with Crippen LogP contribution in [-0.4, -0.2) is 21.9 Å². The summed E-state index contributed by atoms with van der Waals surface area (Å²) in [5.74, 6) is -1.24. The molecule has 0 saturated heterocycles. The lowest BCUT2D eigenvalue weighted by Crippen LogP contribution is -2.27. The third-order valence-corrected chi connectivity index (χ3v) is 4.26. The maximum atomic E-state index is 12.2. The fourth-order valence-corrected chi connectivity index (χ4v) is 2.64. The van der Waals surface area contributed by atoms with Gasteiger partial charge >= 0.3 is 5.97 Å². The third kappa shape index (κ3) is 6.01. The van der Waals surface area contributed by atoms with E-state index in [-0.39, 0.29) is 18.0 Å². The number of ether oxygens (including phenoxy) is 1. The second-order valence-electron chi connectivity index (χ2n) is 6.46. The number of non-ortho nitro benzene ring substituents is 1.